The van der Waals surface area contributed by atoms with Crippen molar-refractivity contribution in [2.45, 2.75) is 19.5 Å². The molecule has 17 heavy (non-hydrogen) atoms. The Labute approximate surface area is 101 Å². The molecule has 0 saturated heterocycles. The molecule has 0 aromatic heterocycles. The first-order chi connectivity index (χ1) is 8.06. The van der Waals surface area contributed by atoms with Crippen LogP contribution in [0.2, 0.25) is 0 Å². The van der Waals surface area contributed by atoms with E-state index in [0.717, 1.165) is 11.1 Å². The molecule has 4 nitrogen and oxygen atoms in total. The molecule has 1 aromatic carbocycles. The zero-order valence-corrected chi connectivity index (χ0v) is 10.2. The summed E-state index contributed by atoms with van der Waals surface area (Å²) in [4.78, 5) is 4.04. The van der Waals surface area contributed by atoms with Crippen LogP contribution in [0.4, 0.5) is 0 Å². The van der Waals surface area contributed by atoms with Crippen molar-refractivity contribution in [3.05, 3.63) is 46.7 Å². The SMILES string of the molecule is Cc1cc(C)cc(C2(N)NC=NC=C2CN)c1. The van der Waals surface area contributed by atoms with Gasteiger partial charge >= 0.3 is 0 Å². The Balaban J connectivity index is 2.51. The van der Waals surface area contributed by atoms with Crippen molar-refractivity contribution in [3.8, 4) is 0 Å². The van der Waals surface area contributed by atoms with Crippen LogP contribution in [0.5, 0.6) is 0 Å². The van der Waals surface area contributed by atoms with E-state index in [1.807, 2.05) is 0 Å². The standard InChI is InChI=1S/C13H18N4/c1-9-3-10(2)5-11(4-9)13(15)12(6-14)7-16-8-17-13/h3-5,7-8H,6,14-15H2,1-2H3,(H,16,17). The highest BCUT2D eigenvalue weighted by Crippen LogP contribution is 2.26. The van der Waals surface area contributed by atoms with Gasteiger partial charge in [-0.05, 0) is 19.4 Å². The third-order valence-electron chi connectivity index (χ3n) is 3.00. The number of nitrogens with one attached hydrogen (secondary N) is 1. The van der Waals surface area contributed by atoms with Crippen LogP contribution in [0.3, 0.4) is 0 Å². The van der Waals surface area contributed by atoms with E-state index in [-0.39, 0.29) is 0 Å². The van der Waals surface area contributed by atoms with Gasteiger partial charge in [-0.2, -0.15) is 0 Å². The van der Waals surface area contributed by atoms with Gasteiger partial charge in [0.15, 0.2) is 0 Å². The lowest BCUT2D eigenvalue weighted by Crippen LogP contribution is -2.54. The number of nitrogens with zero attached hydrogens (tertiary/aromatic N) is 1. The van der Waals surface area contributed by atoms with Gasteiger partial charge in [0, 0.05) is 18.3 Å². The summed E-state index contributed by atoms with van der Waals surface area (Å²) in [6.45, 7) is 4.50. The van der Waals surface area contributed by atoms with Gasteiger partial charge in [-0.25, -0.2) is 4.99 Å². The summed E-state index contributed by atoms with van der Waals surface area (Å²) in [7, 11) is 0. The number of hydrogen-bond donors (Lipinski definition) is 3. The van der Waals surface area contributed by atoms with Crippen LogP contribution in [0.1, 0.15) is 16.7 Å². The molecule has 1 unspecified atom stereocenters. The van der Waals surface area contributed by atoms with Gasteiger partial charge in [0.1, 0.15) is 5.66 Å². The fourth-order valence-corrected chi connectivity index (χ4v) is 2.15. The smallest absolute Gasteiger partial charge is 0.138 e. The monoisotopic (exact) mass is 230 g/mol. The molecule has 2 rings (SSSR count). The van der Waals surface area contributed by atoms with Crippen LogP contribution in [0.15, 0.2) is 35.0 Å². The Hall–Kier alpha value is -1.65. The maximum atomic E-state index is 6.42. The molecule has 0 aliphatic carbocycles. The molecule has 1 aromatic rings. The number of benzene rings is 1. The topological polar surface area (TPSA) is 76.4 Å². The van der Waals surface area contributed by atoms with Crippen LogP contribution in [0.25, 0.3) is 0 Å². The zero-order chi connectivity index (χ0) is 12.5. The molecule has 1 heterocycles. The maximum Gasteiger partial charge on any atom is 0.138 e. The van der Waals surface area contributed by atoms with E-state index in [0.29, 0.717) is 6.54 Å². The van der Waals surface area contributed by atoms with E-state index in [4.69, 9.17) is 11.5 Å². The summed E-state index contributed by atoms with van der Waals surface area (Å²) in [5.41, 5.74) is 15.7. The van der Waals surface area contributed by atoms with Gasteiger partial charge in [0.2, 0.25) is 0 Å². The van der Waals surface area contributed by atoms with E-state index in [1.54, 1.807) is 12.5 Å². The van der Waals surface area contributed by atoms with Crippen molar-refractivity contribution < 1.29 is 0 Å². The summed E-state index contributed by atoms with van der Waals surface area (Å²) in [6.07, 6.45) is 3.34. The Morgan fingerprint density at radius 1 is 1.24 bits per heavy atom. The third kappa shape index (κ3) is 2.09. The number of hydrogen-bond acceptors (Lipinski definition) is 4. The highest BCUT2D eigenvalue weighted by Gasteiger charge is 2.32. The lowest BCUT2D eigenvalue weighted by molar-refractivity contribution is 0.477. The summed E-state index contributed by atoms with van der Waals surface area (Å²) < 4.78 is 0. The molecule has 0 bridgehead atoms. The minimum Gasteiger partial charge on any atom is -0.351 e. The van der Waals surface area contributed by atoms with Crippen LogP contribution in [-0.4, -0.2) is 12.9 Å². The first-order valence-corrected chi connectivity index (χ1v) is 5.63. The Kier molecular flexibility index (Phi) is 3.00. The second kappa shape index (κ2) is 4.31. The van der Waals surface area contributed by atoms with Crippen molar-refractivity contribution in [2.75, 3.05) is 6.54 Å². The number of aliphatic imine (C=N–C) groups is 1. The fraction of sp³-hybridized carbons (Fsp3) is 0.308. The lowest BCUT2D eigenvalue weighted by atomic mass is 9.89. The summed E-state index contributed by atoms with van der Waals surface area (Å²) in [5.74, 6) is 0. The average Bonchev–Trinajstić information content (AvgIpc) is 2.28. The van der Waals surface area contributed by atoms with E-state index < -0.39 is 5.66 Å². The predicted octanol–water partition coefficient (Wildman–Crippen LogP) is 0.889. The first kappa shape index (κ1) is 11.8. The minimum absolute atomic E-state index is 0.383. The Morgan fingerprint density at radius 3 is 2.47 bits per heavy atom. The normalized spacial score (nSPS) is 23.2. The van der Waals surface area contributed by atoms with Crippen molar-refractivity contribution >= 4 is 6.34 Å². The molecule has 0 spiro atoms. The number of rotatable bonds is 2. The highest BCUT2D eigenvalue weighted by molar-refractivity contribution is 5.62. The maximum absolute atomic E-state index is 6.42. The second-order valence-corrected chi connectivity index (χ2v) is 4.47. The molecule has 4 heteroatoms. The molecular formula is C13H18N4. The van der Waals surface area contributed by atoms with Gasteiger partial charge in [0.25, 0.3) is 0 Å². The number of aryl methyl sites for hydroxylation is 2. The number of nitrogens with two attached hydrogens (primary N) is 2. The van der Waals surface area contributed by atoms with Crippen LogP contribution in [0, 0.1) is 13.8 Å². The van der Waals surface area contributed by atoms with Crippen molar-refractivity contribution in [1.29, 1.82) is 0 Å². The van der Waals surface area contributed by atoms with Gasteiger partial charge in [-0.3, -0.25) is 0 Å². The fourth-order valence-electron chi connectivity index (χ4n) is 2.15. The largest absolute Gasteiger partial charge is 0.351 e. The molecule has 0 fully saturated rings. The van der Waals surface area contributed by atoms with E-state index >= 15 is 0 Å². The van der Waals surface area contributed by atoms with Crippen LogP contribution < -0.4 is 16.8 Å². The van der Waals surface area contributed by atoms with Gasteiger partial charge in [-0.1, -0.05) is 29.3 Å². The molecular weight excluding hydrogens is 212 g/mol. The molecule has 1 aliphatic heterocycles. The van der Waals surface area contributed by atoms with Crippen molar-refractivity contribution in [1.82, 2.24) is 5.32 Å². The van der Waals surface area contributed by atoms with Gasteiger partial charge < -0.3 is 16.8 Å². The lowest BCUT2D eigenvalue weighted by Gasteiger charge is -2.34. The van der Waals surface area contributed by atoms with Gasteiger partial charge in [-0.15, -0.1) is 0 Å². The molecule has 0 saturated carbocycles. The minimum atomic E-state index is -0.743. The van der Waals surface area contributed by atoms with E-state index in [9.17, 15) is 0 Å². The predicted molar refractivity (Wildman–Crippen MR) is 70.5 cm³/mol. The second-order valence-electron chi connectivity index (χ2n) is 4.47. The molecule has 5 N–H and O–H groups in total. The summed E-state index contributed by atoms with van der Waals surface area (Å²) >= 11 is 0. The molecule has 0 radical (unpaired) electrons. The molecule has 1 atom stereocenters. The van der Waals surface area contributed by atoms with E-state index in [1.165, 1.54) is 11.1 Å². The zero-order valence-electron chi connectivity index (χ0n) is 10.2. The van der Waals surface area contributed by atoms with Crippen LogP contribution >= 0.6 is 0 Å². The quantitative estimate of drug-likeness (QED) is 0.706. The third-order valence-corrected chi connectivity index (χ3v) is 3.00. The Bertz CT molecular complexity index is 470. The van der Waals surface area contributed by atoms with Gasteiger partial charge in [0.05, 0.1) is 6.34 Å². The van der Waals surface area contributed by atoms with Crippen molar-refractivity contribution in [3.63, 3.8) is 0 Å². The van der Waals surface area contributed by atoms with E-state index in [2.05, 4.69) is 42.4 Å². The molecule has 90 valence electrons. The highest BCUT2D eigenvalue weighted by atomic mass is 15.1. The average molecular weight is 230 g/mol. The summed E-state index contributed by atoms with van der Waals surface area (Å²) in [6, 6.07) is 6.26. The summed E-state index contributed by atoms with van der Waals surface area (Å²) in [5, 5.41) is 3.11. The molecule has 0 amide bonds. The molecule has 1 aliphatic rings. The Morgan fingerprint density at radius 2 is 1.88 bits per heavy atom. The first-order valence-electron chi connectivity index (χ1n) is 5.63. The van der Waals surface area contributed by atoms with Crippen molar-refractivity contribution in [2.24, 2.45) is 16.5 Å². The van der Waals surface area contributed by atoms with Crippen LogP contribution in [-0.2, 0) is 5.66 Å².